The summed E-state index contributed by atoms with van der Waals surface area (Å²) in [6.07, 6.45) is 2.50. The van der Waals surface area contributed by atoms with E-state index in [0.717, 1.165) is 0 Å². The molecule has 0 aliphatic carbocycles. The van der Waals surface area contributed by atoms with Crippen LogP contribution in [0.15, 0.2) is 0 Å². The van der Waals surface area contributed by atoms with Gasteiger partial charge >= 0.3 is 0 Å². The summed E-state index contributed by atoms with van der Waals surface area (Å²) in [6, 6.07) is 0. The average Bonchev–Trinajstić information content (AvgIpc) is 2.21. The molecular formula is C10H16O4. The number of hydrogen-bond donors (Lipinski definition) is 0. The average molecular weight is 200 g/mol. The SMILES string of the molecule is O=C1CCOCC1.O=C1CCOCC1. The fourth-order valence-corrected chi connectivity index (χ4v) is 1.20. The van der Waals surface area contributed by atoms with E-state index in [2.05, 4.69) is 0 Å². The number of carbonyl (C=O) groups excluding carboxylic acids is 2. The first-order valence-electron chi connectivity index (χ1n) is 4.98. The minimum atomic E-state index is 0.339. The number of ether oxygens (including phenoxy) is 2. The Hall–Kier alpha value is -0.740. The maximum absolute atomic E-state index is 10.4. The standard InChI is InChI=1S/2C5H8O2/c2*6-5-1-3-7-4-2-5/h2*1-4H2. The number of carbonyl (C=O) groups is 2. The predicted octanol–water partition coefficient (Wildman–Crippen LogP) is 0.732. The minimum Gasteiger partial charge on any atom is -0.381 e. The predicted molar refractivity (Wildman–Crippen MR) is 50.1 cm³/mol. The van der Waals surface area contributed by atoms with Gasteiger partial charge in [0, 0.05) is 25.7 Å². The summed E-state index contributed by atoms with van der Waals surface area (Å²) in [6.45, 7) is 2.55. The van der Waals surface area contributed by atoms with E-state index in [4.69, 9.17) is 9.47 Å². The van der Waals surface area contributed by atoms with Gasteiger partial charge in [0.15, 0.2) is 0 Å². The molecule has 4 nitrogen and oxygen atoms in total. The van der Waals surface area contributed by atoms with Crippen molar-refractivity contribution in [2.24, 2.45) is 0 Å². The molecule has 14 heavy (non-hydrogen) atoms. The number of hydrogen-bond acceptors (Lipinski definition) is 4. The molecule has 0 spiro atoms. The molecule has 2 rings (SSSR count). The van der Waals surface area contributed by atoms with Crippen molar-refractivity contribution >= 4 is 11.6 Å². The lowest BCUT2D eigenvalue weighted by Gasteiger charge is -2.07. The zero-order chi connectivity index (χ0) is 10.2. The molecule has 80 valence electrons. The summed E-state index contributed by atoms with van der Waals surface area (Å²) in [5.74, 6) is 0.678. The van der Waals surface area contributed by atoms with Crippen LogP contribution in [0.5, 0.6) is 0 Å². The Morgan fingerprint density at radius 1 is 0.643 bits per heavy atom. The monoisotopic (exact) mass is 200 g/mol. The first kappa shape index (κ1) is 11.3. The summed E-state index contributed by atoms with van der Waals surface area (Å²) in [5.41, 5.74) is 0. The molecule has 0 atom stereocenters. The van der Waals surface area contributed by atoms with Crippen LogP contribution in [0.3, 0.4) is 0 Å². The molecule has 4 heteroatoms. The van der Waals surface area contributed by atoms with E-state index in [9.17, 15) is 9.59 Å². The third-order valence-corrected chi connectivity index (χ3v) is 2.10. The smallest absolute Gasteiger partial charge is 0.137 e. The Morgan fingerprint density at radius 3 is 1.07 bits per heavy atom. The van der Waals surface area contributed by atoms with E-state index in [-0.39, 0.29) is 0 Å². The van der Waals surface area contributed by atoms with Crippen molar-refractivity contribution in [1.29, 1.82) is 0 Å². The topological polar surface area (TPSA) is 52.6 Å². The maximum atomic E-state index is 10.4. The highest BCUT2D eigenvalue weighted by Crippen LogP contribution is 1.98. The van der Waals surface area contributed by atoms with Crippen molar-refractivity contribution < 1.29 is 19.1 Å². The van der Waals surface area contributed by atoms with E-state index in [1.165, 1.54) is 0 Å². The summed E-state index contributed by atoms with van der Waals surface area (Å²) in [4.78, 5) is 20.8. The molecule has 0 unspecified atom stereocenters. The zero-order valence-electron chi connectivity index (χ0n) is 8.29. The molecule has 0 radical (unpaired) electrons. The lowest BCUT2D eigenvalue weighted by Crippen LogP contribution is -2.14. The fraction of sp³-hybridized carbons (Fsp3) is 0.800. The minimum absolute atomic E-state index is 0.339. The summed E-state index contributed by atoms with van der Waals surface area (Å²) in [5, 5.41) is 0. The van der Waals surface area contributed by atoms with Crippen LogP contribution < -0.4 is 0 Å². The molecular weight excluding hydrogens is 184 g/mol. The number of ketones is 2. The quantitative estimate of drug-likeness (QED) is 0.578. The number of rotatable bonds is 0. The first-order valence-corrected chi connectivity index (χ1v) is 4.98. The van der Waals surface area contributed by atoms with Crippen LogP contribution in [0.1, 0.15) is 25.7 Å². The Morgan fingerprint density at radius 2 is 0.929 bits per heavy atom. The molecule has 0 bridgehead atoms. The summed E-state index contributed by atoms with van der Waals surface area (Å²) in [7, 11) is 0. The Labute approximate surface area is 83.6 Å². The molecule has 0 aromatic carbocycles. The molecule has 0 saturated carbocycles. The highest BCUT2D eigenvalue weighted by atomic mass is 16.5. The second-order valence-corrected chi connectivity index (χ2v) is 3.30. The lowest BCUT2D eigenvalue weighted by molar-refractivity contribution is -0.125. The van der Waals surface area contributed by atoms with Gasteiger partial charge < -0.3 is 9.47 Å². The molecule has 2 saturated heterocycles. The van der Waals surface area contributed by atoms with E-state index in [1.54, 1.807) is 0 Å². The molecule has 2 fully saturated rings. The van der Waals surface area contributed by atoms with E-state index in [0.29, 0.717) is 63.7 Å². The Bertz CT molecular complexity index is 162. The van der Waals surface area contributed by atoms with Gasteiger partial charge in [0.1, 0.15) is 11.6 Å². The van der Waals surface area contributed by atoms with Gasteiger partial charge in [0.25, 0.3) is 0 Å². The van der Waals surface area contributed by atoms with E-state index in [1.807, 2.05) is 0 Å². The third-order valence-electron chi connectivity index (χ3n) is 2.10. The van der Waals surface area contributed by atoms with Crippen LogP contribution in [0, 0.1) is 0 Å². The van der Waals surface area contributed by atoms with Crippen molar-refractivity contribution in [2.75, 3.05) is 26.4 Å². The van der Waals surface area contributed by atoms with Gasteiger partial charge in [-0.2, -0.15) is 0 Å². The fourth-order valence-electron chi connectivity index (χ4n) is 1.20. The van der Waals surface area contributed by atoms with Crippen molar-refractivity contribution in [1.82, 2.24) is 0 Å². The van der Waals surface area contributed by atoms with Gasteiger partial charge in [-0.05, 0) is 0 Å². The molecule has 2 heterocycles. The molecule has 0 aromatic rings. The van der Waals surface area contributed by atoms with Gasteiger partial charge in [-0.25, -0.2) is 0 Å². The molecule has 0 N–H and O–H groups in total. The van der Waals surface area contributed by atoms with Gasteiger partial charge in [0.2, 0.25) is 0 Å². The normalized spacial score (nSPS) is 22.6. The zero-order valence-corrected chi connectivity index (χ0v) is 8.29. The molecule has 2 aliphatic rings. The molecule has 2 aliphatic heterocycles. The molecule has 0 aromatic heterocycles. The third kappa shape index (κ3) is 5.09. The number of Topliss-reactive ketones (excluding diaryl/α,β-unsaturated/α-hetero) is 2. The lowest BCUT2D eigenvalue weighted by atomic mass is 10.2. The maximum Gasteiger partial charge on any atom is 0.137 e. The van der Waals surface area contributed by atoms with E-state index < -0.39 is 0 Å². The van der Waals surface area contributed by atoms with Gasteiger partial charge in [-0.1, -0.05) is 0 Å². The highest BCUT2D eigenvalue weighted by molar-refractivity contribution is 5.79. The van der Waals surface area contributed by atoms with Gasteiger partial charge in [0.05, 0.1) is 26.4 Å². The largest absolute Gasteiger partial charge is 0.381 e. The van der Waals surface area contributed by atoms with Crippen LogP contribution in [0.4, 0.5) is 0 Å². The van der Waals surface area contributed by atoms with E-state index >= 15 is 0 Å². The Kier molecular flexibility index (Phi) is 5.40. The van der Waals surface area contributed by atoms with Crippen LogP contribution in [-0.4, -0.2) is 38.0 Å². The Balaban J connectivity index is 0.000000140. The van der Waals surface area contributed by atoms with Crippen molar-refractivity contribution in [3.63, 3.8) is 0 Å². The highest BCUT2D eigenvalue weighted by Gasteiger charge is 2.06. The van der Waals surface area contributed by atoms with Crippen LogP contribution in [0.25, 0.3) is 0 Å². The van der Waals surface area contributed by atoms with Crippen LogP contribution >= 0.6 is 0 Å². The second-order valence-electron chi connectivity index (χ2n) is 3.30. The van der Waals surface area contributed by atoms with Gasteiger partial charge in [-0.3, -0.25) is 9.59 Å². The summed E-state index contributed by atoms with van der Waals surface area (Å²) < 4.78 is 9.84. The van der Waals surface area contributed by atoms with Crippen LogP contribution in [0.2, 0.25) is 0 Å². The summed E-state index contributed by atoms with van der Waals surface area (Å²) >= 11 is 0. The van der Waals surface area contributed by atoms with Gasteiger partial charge in [-0.15, -0.1) is 0 Å². The van der Waals surface area contributed by atoms with Crippen LogP contribution in [-0.2, 0) is 19.1 Å². The molecule has 0 amide bonds. The first-order chi connectivity index (χ1) is 6.79. The van der Waals surface area contributed by atoms with Crippen molar-refractivity contribution in [3.8, 4) is 0 Å². The van der Waals surface area contributed by atoms with Crippen molar-refractivity contribution in [2.45, 2.75) is 25.7 Å². The van der Waals surface area contributed by atoms with Crippen molar-refractivity contribution in [3.05, 3.63) is 0 Å². The second kappa shape index (κ2) is 6.68.